The first-order valence-corrected chi connectivity index (χ1v) is 8.22. The molecule has 3 aromatic heterocycles. The predicted molar refractivity (Wildman–Crippen MR) is 103 cm³/mol. The maximum Gasteiger partial charge on any atom is 0.248 e. The van der Waals surface area contributed by atoms with Crippen LogP contribution in [0.25, 0.3) is 23.0 Å². The van der Waals surface area contributed by atoms with Crippen LogP contribution >= 0.6 is 0 Å². The molecule has 0 radical (unpaired) electrons. The van der Waals surface area contributed by atoms with Crippen molar-refractivity contribution in [2.45, 2.75) is 0 Å². The number of carbonyl (C=O) groups is 1. The van der Waals surface area contributed by atoms with E-state index in [2.05, 4.69) is 15.3 Å². The van der Waals surface area contributed by atoms with Crippen molar-refractivity contribution in [3.05, 3.63) is 91.0 Å². The van der Waals surface area contributed by atoms with Crippen molar-refractivity contribution in [3.63, 3.8) is 0 Å². The van der Waals surface area contributed by atoms with E-state index in [9.17, 15) is 4.79 Å². The summed E-state index contributed by atoms with van der Waals surface area (Å²) in [4.78, 5) is 21.0. The van der Waals surface area contributed by atoms with E-state index in [4.69, 9.17) is 0 Å². The van der Waals surface area contributed by atoms with Gasteiger partial charge in [-0.15, -0.1) is 0 Å². The van der Waals surface area contributed by atoms with E-state index >= 15 is 0 Å². The zero-order valence-electron chi connectivity index (χ0n) is 13.9. The van der Waals surface area contributed by atoms with E-state index < -0.39 is 0 Å². The Balaban J connectivity index is 1.59. The topological polar surface area (TPSA) is 59.3 Å². The maximum absolute atomic E-state index is 12.3. The second-order valence-electron chi connectivity index (χ2n) is 5.75. The highest BCUT2D eigenvalue weighted by Crippen LogP contribution is 2.27. The Bertz CT molecular complexity index is 1050. The molecule has 4 aromatic rings. The molecule has 1 amide bonds. The number of nitrogens with one attached hydrogen (secondary N) is 1. The molecule has 0 fully saturated rings. The van der Waals surface area contributed by atoms with Crippen molar-refractivity contribution in [1.29, 1.82) is 0 Å². The number of aromatic nitrogens is 3. The quantitative estimate of drug-likeness (QED) is 0.570. The van der Waals surface area contributed by atoms with Gasteiger partial charge in [0, 0.05) is 36.4 Å². The van der Waals surface area contributed by atoms with Crippen LogP contribution in [0.2, 0.25) is 0 Å². The normalized spacial score (nSPS) is 11.1. The molecule has 0 saturated heterocycles. The van der Waals surface area contributed by atoms with Crippen LogP contribution in [0.15, 0.2) is 85.5 Å². The Morgan fingerprint density at radius 3 is 2.77 bits per heavy atom. The van der Waals surface area contributed by atoms with Gasteiger partial charge in [0.05, 0.1) is 11.4 Å². The lowest BCUT2D eigenvalue weighted by molar-refractivity contribution is -0.111. The van der Waals surface area contributed by atoms with E-state index in [0.717, 1.165) is 28.2 Å². The summed E-state index contributed by atoms with van der Waals surface area (Å²) in [5.41, 5.74) is 4.13. The molecule has 0 aliphatic heterocycles. The van der Waals surface area contributed by atoms with E-state index in [1.807, 2.05) is 71.4 Å². The monoisotopic (exact) mass is 340 g/mol. The number of nitrogens with zero attached hydrogens (tertiary/aromatic N) is 3. The number of anilines is 1. The van der Waals surface area contributed by atoms with Crippen molar-refractivity contribution in [1.82, 2.24) is 14.4 Å². The lowest BCUT2D eigenvalue weighted by atomic mass is 10.1. The Labute approximate surface area is 150 Å². The number of para-hydroxylation sites is 1. The third-order valence-electron chi connectivity index (χ3n) is 3.94. The minimum atomic E-state index is -0.204. The van der Waals surface area contributed by atoms with E-state index in [1.54, 1.807) is 18.5 Å². The van der Waals surface area contributed by atoms with Crippen molar-refractivity contribution < 1.29 is 4.79 Å². The average molecular weight is 340 g/mol. The summed E-state index contributed by atoms with van der Waals surface area (Å²) in [6.45, 7) is 0. The molecule has 0 atom stereocenters. The largest absolute Gasteiger partial charge is 0.322 e. The molecule has 5 nitrogen and oxygen atoms in total. The summed E-state index contributed by atoms with van der Waals surface area (Å²) >= 11 is 0. The molecular weight excluding hydrogens is 324 g/mol. The Kier molecular flexibility index (Phi) is 4.26. The van der Waals surface area contributed by atoms with Crippen LogP contribution in [0.3, 0.4) is 0 Å². The number of fused-ring (bicyclic) bond motifs is 1. The van der Waals surface area contributed by atoms with Gasteiger partial charge in [0.2, 0.25) is 5.91 Å². The van der Waals surface area contributed by atoms with Gasteiger partial charge in [-0.25, -0.2) is 4.98 Å². The fourth-order valence-electron chi connectivity index (χ4n) is 2.70. The lowest BCUT2D eigenvalue weighted by Gasteiger charge is -2.07. The van der Waals surface area contributed by atoms with Crippen LogP contribution in [0.5, 0.6) is 0 Å². The van der Waals surface area contributed by atoms with Gasteiger partial charge in [-0.1, -0.05) is 30.3 Å². The van der Waals surface area contributed by atoms with Gasteiger partial charge in [-0.05, 0) is 35.9 Å². The summed E-state index contributed by atoms with van der Waals surface area (Å²) < 4.78 is 1.95. The molecule has 0 aliphatic rings. The minimum absolute atomic E-state index is 0.204. The third-order valence-corrected chi connectivity index (χ3v) is 3.94. The SMILES string of the molecule is O=C(/C=C/c1cccnc1)Nc1ccccc1-c1cn2ccccc2n1. The first kappa shape index (κ1) is 15.8. The zero-order valence-corrected chi connectivity index (χ0v) is 13.9. The van der Waals surface area contributed by atoms with Gasteiger partial charge in [-0.3, -0.25) is 9.78 Å². The number of pyridine rings is 2. The van der Waals surface area contributed by atoms with Crippen LogP contribution in [0.1, 0.15) is 5.56 Å². The van der Waals surface area contributed by atoms with Crippen LogP contribution < -0.4 is 5.32 Å². The minimum Gasteiger partial charge on any atom is -0.322 e. The second-order valence-corrected chi connectivity index (χ2v) is 5.75. The number of imidazole rings is 1. The zero-order chi connectivity index (χ0) is 17.8. The van der Waals surface area contributed by atoms with Crippen LogP contribution in [0.4, 0.5) is 5.69 Å². The first-order chi connectivity index (χ1) is 12.8. The molecule has 0 unspecified atom stereocenters. The molecule has 5 heteroatoms. The molecule has 0 aliphatic carbocycles. The smallest absolute Gasteiger partial charge is 0.248 e. The molecular formula is C21H16N4O. The summed E-state index contributed by atoms with van der Waals surface area (Å²) in [5.74, 6) is -0.204. The van der Waals surface area contributed by atoms with Crippen molar-refractivity contribution in [2.75, 3.05) is 5.32 Å². The number of carbonyl (C=O) groups excluding carboxylic acids is 1. The van der Waals surface area contributed by atoms with Crippen molar-refractivity contribution in [2.24, 2.45) is 0 Å². The van der Waals surface area contributed by atoms with Gasteiger partial charge in [0.1, 0.15) is 5.65 Å². The molecule has 1 N–H and O–H groups in total. The Morgan fingerprint density at radius 1 is 1.04 bits per heavy atom. The van der Waals surface area contributed by atoms with E-state index in [0.29, 0.717) is 0 Å². The van der Waals surface area contributed by atoms with E-state index in [-0.39, 0.29) is 5.91 Å². The number of hydrogen-bond donors (Lipinski definition) is 1. The summed E-state index contributed by atoms with van der Waals surface area (Å²) in [7, 11) is 0. The average Bonchev–Trinajstić information content (AvgIpc) is 3.12. The Hall–Kier alpha value is -3.73. The Morgan fingerprint density at radius 2 is 1.92 bits per heavy atom. The number of benzene rings is 1. The van der Waals surface area contributed by atoms with Gasteiger partial charge in [0.25, 0.3) is 0 Å². The van der Waals surface area contributed by atoms with Gasteiger partial charge in [0.15, 0.2) is 0 Å². The number of hydrogen-bond acceptors (Lipinski definition) is 3. The highest BCUT2D eigenvalue weighted by molar-refractivity contribution is 6.04. The van der Waals surface area contributed by atoms with Crippen LogP contribution in [-0.4, -0.2) is 20.3 Å². The van der Waals surface area contributed by atoms with Gasteiger partial charge in [-0.2, -0.15) is 0 Å². The maximum atomic E-state index is 12.3. The summed E-state index contributed by atoms with van der Waals surface area (Å²) in [6.07, 6.45) is 10.5. The molecule has 126 valence electrons. The lowest BCUT2D eigenvalue weighted by Crippen LogP contribution is -2.08. The van der Waals surface area contributed by atoms with Gasteiger partial charge >= 0.3 is 0 Å². The van der Waals surface area contributed by atoms with Crippen molar-refractivity contribution >= 4 is 23.3 Å². The molecule has 26 heavy (non-hydrogen) atoms. The highest BCUT2D eigenvalue weighted by atomic mass is 16.1. The summed E-state index contributed by atoms with van der Waals surface area (Å²) in [5, 5.41) is 2.93. The molecule has 0 saturated carbocycles. The van der Waals surface area contributed by atoms with Crippen molar-refractivity contribution in [3.8, 4) is 11.3 Å². The molecule has 4 rings (SSSR count). The van der Waals surface area contributed by atoms with Crippen LogP contribution in [-0.2, 0) is 4.79 Å². The second kappa shape index (κ2) is 7.03. The molecule has 1 aromatic carbocycles. The predicted octanol–water partition coefficient (Wildman–Crippen LogP) is 4.05. The number of amides is 1. The highest BCUT2D eigenvalue weighted by Gasteiger charge is 2.10. The summed E-state index contributed by atoms with van der Waals surface area (Å²) in [6, 6.07) is 17.2. The third kappa shape index (κ3) is 3.37. The molecule has 3 heterocycles. The number of rotatable bonds is 4. The standard InChI is InChI=1S/C21H16N4O/c26-21(11-10-16-6-5-12-22-14-16)24-18-8-2-1-7-17(18)19-15-25-13-4-3-9-20(25)23-19/h1-15H,(H,24,26)/b11-10+. The first-order valence-electron chi connectivity index (χ1n) is 8.22. The van der Waals surface area contributed by atoms with Crippen LogP contribution in [0, 0.1) is 0 Å². The van der Waals surface area contributed by atoms with Gasteiger partial charge < -0.3 is 9.72 Å². The van der Waals surface area contributed by atoms with E-state index in [1.165, 1.54) is 6.08 Å². The fraction of sp³-hybridized carbons (Fsp3) is 0. The molecule has 0 spiro atoms. The fourth-order valence-corrected chi connectivity index (χ4v) is 2.70. The molecule has 0 bridgehead atoms.